The molecular formula is C18H23N5O2. The van der Waals surface area contributed by atoms with Crippen LogP contribution in [0.3, 0.4) is 0 Å². The summed E-state index contributed by atoms with van der Waals surface area (Å²) in [5.41, 5.74) is 0.757. The summed E-state index contributed by atoms with van der Waals surface area (Å²) in [6.45, 7) is 3.89. The Kier molecular flexibility index (Phi) is 4.05. The Bertz CT molecular complexity index is 977. The molecule has 132 valence electrons. The Morgan fingerprint density at radius 3 is 2.88 bits per heavy atom. The lowest BCUT2D eigenvalue weighted by Gasteiger charge is -2.38. The van der Waals surface area contributed by atoms with E-state index in [1.807, 2.05) is 28.7 Å². The molecule has 0 aliphatic carbocycles. The summed E-state index contributed by atoms with van der Waals surface area (Å²) >= 11 is 0. The van der Waals surface area contributed by atoms with Crippen LogP contribution in [0.5, 0.6) is 0 Å². The van der Waals surface area contributed by atoms with Gasteiger partial charge in [0.2, 0.25) is 5.78 Å². The molecule has 1 saturated heterocycles. The van der Waals surface area contributed by atoms with Crippen molar-refractivity contribution in [2.45, 2.75) is 32.4 Å². The quantitative estimate of drug-likeness (QED) is 0.774. The van der Waals surface area contributed by atoms with Gasteiger partial charge in [-0.3, -0.25) is 18.7 Å². The van der Waals surface area contributed by atoms with Gasteiger partial charge in [0.15, 0.2) is 5.82 Å². The summed E-state index contributed by atoms with van der Waals surface area (Å²) in [5.74, 6) is 1.80. The number of nitrogens with zero attached hydrogens (tertiary/aromatic N) is 5. The first-order valence-corrected chi connectivity index (χ1v) is 8.78. The van der Waals surface area contributed by atoms with Crippen molar-refractivity contribution in [3.8, 4) is 0 Å². The first-order valence-electron chi connectivity index (χ1n) is 8.78. The number of likely N-dealkylation sites (tertiary alicyclic amines) is 1. The molecule has 3 heterocycles. The van der Waals surface area contributed by atoms with E-state index < -0.39 is 0 Å². The van der Waals surface area contributed by atoms with Gasteiger partial charge in [-0.15, -0.1) is 10.2 Å². The molecule has 1 fully saturated rings. The van der Waals surface area contributed by atoms with Crippen LogP contribution in [-0.4, -0.2) is 48.4 Å². The zero-order chi connectivity index (χ0) is 17.6. The number of aliphatic hydroxyl groups excluding tert-OH is 1. The van der Waals surface area contributed by atoms with Crippen LogP contribution < -0.4 is 5.56 Å². The van der Waals surface area contributed by atoms with Gasteiger partial charge in [-0.1, -0.05) is 19.1 Å². The molecule has 7 nitrogen and oxygen atoms in total. The zero-order valence-corrected chi connectivity index (χ0v) is 14.6. The van der Waals surface area contributed by atoms with Crippen molar-refractivity contribution in [1.82, 2.24) is 24.1 Å². The highest BCUT2D eigenvalue weighted by molar-refractivity contribution is 5.80. The Morgan fingerprint density at radius 1 is 1.28 bits per heavy atom. The van der Waals surface area contributed by atoms with Gasteiger partial charge in [-0.05, 0) is 37.4 Å². The van der Waals surface area contributed by atoms with Gasteiger partial charge >= 0.3 is 0 Å². The summed E-state index contributed by atoms with van der Waals surface area (Å²) < 4.78 is 3.51. The first-order chi connectivity index (χ1) is 12.1. The maximum atomic E-state index is 12.5. The van der Waals surface area contributed by atoms with Crippen LogP contribution >= 0.6 is 0 Å². The van der Waals surface area contributed by atoms with E-state index in [9.17, 15) is 9.90 Å². The van der Waals surface area contributed by atoms with E-state index in [-0.39, 0.29) is 18.2 Å². The second-order valence-electron chi connectivity index (χ2n) is 6.97. The first kappa shape index (κ1) is 16.2. The van der Waals surface area contributed by atoms with E-state index in [1.165, 1.54) is 0 Å². The van der Waals surface area contributed by atoms with Crippen LogP contribution in [0.2, 0.25) is 0 Å². The summed E-state index contributed by atoms with van der Waals surface area (Å²) in [6, 6.07) is 7.69. The Balaban J connectivity index is 1.85. The number of aromatic nitrogens is 4. The highest BCUT2D eigenvalue weighted by Gasteiger charge is 2.29. The SMILES string of the molecule is CC1CCCN(Cc2nnc3n(C)c(=O)c4ccccc4n23)C1CO. The van der Waals surface area contributed by atoms with Crippen molar-refractivity contribution in [3.63, 3.8) is 0 Å². The Hall–Kier alpha value is -2.25. The van der Waals surface area contributed by atoms with Gasteiger partial charge in [-0.2, -0.15) is 0 Å². The number of hydrogen-bond donors (Lipinski definition) is 1. The average molecular weight is 341 g/mol. The van der Waals surface area contributed by atoms with Gasteiger partial charge < -0.3 is 5.11 Å². The number of aliphatic hydroxyl groups is 1. The predicted octanol–water partition coefficient (Wildman–Crippen LogP) is 1.17. The van der Waals surface area contributed by atoms with E-state index in [0.29, 0.717) is 23.6 Å². The van der Waals surface area contributed by atoms with Gasteiger partial charge in [0.05, 0.1) is 24.1 Å². The van der Waals surface area contributed by atoms with Crippen molar-refractivity contribution < 1.29 is 5.11 Å². The van der Waals surface area contributed by atoms with E-state index in [0.717, 1.165) is 30.7 Å². The molecular weight excluding hydrogens is 318 g/mol. The molecule has 3 aromatic rings. The van der Waals surface area contributed by atoms with Crippen molar-refractivity contribution in [2.75, 3.05) is 13.2 Å². The largest absolute Gasteiger partial charge is 0.395 e. The van der Waals surface area contributed by atoms with Gasteiger partial charge in [-0.25, -0.2) is 0 Å². The number of hydrogen-bond acceptors (Lipinski definition) is 5. The van der Waals surface area contributed by atoms with Crippen molar-refractivity contribution in [2.24, 2.45) is 13.0 Å². The smallest absolute Gasteiger partial charge is 0.262 e. The second-order valence-corrected chi connectivity index (χ2v) is 6.97. The normalized spacial score (nSPS) is 22.0. The van der Waals surface area contributed by atoms with Gasteiger partial charge in [0.25, 0.3) is 5.56 Å². The fourth-order valence-corrected chi connectivity index (χ4v) is 4.00. The standard InChI is InChI=1S/C18H23N5O2/c1-12-6-5-9-22(15(12)11-24)10-16-19-20-18-21(2)17(25)13-7-3-4-8-14(13)23(16)18/h3-4,7-8,12,15,24H,5-6,9-11H2,1-2H3. The number of para-hydroxylation sites is 1. The third-order valence-electron chi connectivity index (χ3n) is 5.46. The lowest BCUT2D eigenvalue weighted by Crippen LogP contribution is -2.46. The fourth-order valence-electron chi connectivity index (χ4n) is 4.00. The molecule has 7 heteroatoms. The lowest BCUT2D eigenvalue weighted by atomic mass is 9.91. The molecule has 4 rings (SSSR count). The number of benzene rings is 1. The zero-order valence-electron chi connectivity index (χ0n) is 14.6. The molecule has 1 aromatic carbocycles. The topological polar surface area (TPSA) is 75.7 Å². The summed E-state index contributed by atoms with van der Waals surface area (Å²) in [5, 5.41) is 19.1. The monoisotopic (exact) mass is 341 g/mol. The van der Waals surface area contributed by atoms with E-state index in [4.69, 9.17) is 0 Å². The minimum atomic E-state index is -0.0677. The molecule has 1 N–H and O–H groups in total. The van der Waals surface area contributed by atoms with E-state index >= 15 is 0 Å². The fraction of sp³-hybridized carbons (Fsp3) is 0.500. The minimum absolute atomic E-state index is 0.0677. The second kappa shape index (κ2) is 6.24. The minimum Gasteiger partial charge on any atom is -0.395 e. The third kappa shape index (κ3) is 2.54. The molecule has 0 bridgehead atoms. The maximum Gasteiger partial charge on any atom is 0.262 e. The third-order valence-corrected chi connectivity index (χ3v) is 5.46. The highest BCUT2D eigenvalue weighted by Crippen LogP contribution is 2.25. The summed E-state index contributed by atoms with van der Waals surface area (Å²) in [7, 11) is 1.72. The van der Waals surface area contributed by atoms with Crippen molar-refractivity contribution >= 4 is 16.7 Å². The average Bonchev–Trinajstić information content (AvgIpc) is 3.04. The molecule has 25 heavy (non-hydrogen) atoms. The molecule has 2 atom stereocenters. The van der Waals surface area contributed by atoms with E-state index in [2.05, 4.69) is 22.0 Å². The van der Waals surface area contributed by atoms with Gasteiger partial charge in [0.1, 0.15) is 0 Å². The molecule has 2 unspecified atom stereocenters. The molecule has 0 spiro atoms. The van der Waals surface area contributed by atoms with Crippen LogP contribution in [-0.2, 0) is 13.6 Å². The summed E-state index contributed by atoms with van der Waals surface area (Å²) in [6.07, 6.45) is 2.26. The van der Waals surface area contributed by atoms with Crippen LogP contribution in [0, 0.1) is 5.92 Å². The van der Waals surface area contributed by atoms with Crippen molar-refractivity contribution in [3.05, 3.63) is 40.4 Å². The van der Waals surface area contributed by atoms with Crippen LogP contribution in [0.4, 0.5) is 0 Å². The number of piperidine rings is 1. The molecule has 1 aliphatic heterocycles. The van der Waals surface area contributed by atoms with Crippen LogP contribution in [0.25, 0.3) is 16.7 Å². The Labute approximate surface area is 145 Å². The van der Waals surface area contributed by atoms with Crippen LogP contribution in [0.1, 0.15) is 25.6 Å². The van der Waals surface area contributed by atoms with Crippen molar-refractivity contribution in [1.29, 1.82) is 0 Å². The van der Waals surface area contributed by atoms with Crippen LogP contribution in [0.15, 0.2) is 29.1 Å². The van der Waals surface area contributed by atoms with E-state index in [1.54, 1.807) is 11.6 Å². The molecule has 0 saturated carbocycles. The lowest BCUT2D eigenvalue weighted by molar-refractivity contribution is 0.0453. The number of rotatable bonds is 3. The molecule has 1 aliphatic rings. The summed E-state index contributed by atoms with van der Waals surface area (Å²) in [4.78, 5) is 14.8. The molecule has 0 amide bonds. The highest BCUT2D eigenvalue weighted by atomic mass is 16.3. The predicted molar refractivity (Wildman–Crippen MR) is 95.4 cm³/mol. The molecule has 0 radical (unpaired) electrons. The number of aryl methyl sites for hydroxylation is 1. The van der Waals surface area contributed by atoms with Gasteiger partial charge in [0, 0.05) is 13.1 Å². The number of fused-ring (bicyclic) bond motifs is 3. The Morgan fingerprint density at radius 2 is 2.08 bits per heavy atom. The molecule has 2 aromatic heterocycles. The maximum absolute atomic E-state index is 12.5.